The number of rotatable bonds is 3. The number of hydrogen-bond donors (Lipinski definition) is 2. The zero-order valence-electron chi connectivity index (χ0n) is 9.16. The Kier molecular flexibility index (Phi) is 3.97. The van der Waals surface area contributed by atoms with Crippen LogP contribution in [0.25, 0.3) is 0 Å². The van der Waals surface area contributed by atoms with E-state index in [1.807, 2.05) is 31.2 Å². The third-order valence-electron chi connectivity index (χ3n) is 2.30. The molecule has 0 atom stereocenters. The van der Waals surface area contributed by atoms with Crippen molar-refractivity contribution < 1.29 is 4.79 Å². The Morgan fingerprint density at radius 2 is 2.13 bits per heavy atom. The van der Waals surface area contributed by atoms with Gasteiger partial charge in [0.2, 0.25) is 0 Å². The number of urea groups is 1. The Hall–Kier alpha value is -1.71. The van der Waals surface area contributed by atoms with Gasteiger partial charge in [-0.2, -0.15) is 0 Å². The van der Waals surface area contributed by atoms with Crippen molar-refractivity contribution in [1.29, 1.82) is 0 Å². The molecule has 0 aliphatic rings. The molecule has 0 saturated carbocycles. The number of hydrogen-bond acceptors (Lipinski definition) is 2. The fourth-order valence-corrected chi connectivity index (χ4v) is 1.37. The van der Waals surface area contributed by atoms with E-state index in [-0.39, 0.29) is 6.03 Å². The number of amides is 2. The molecule has 1 aromatic rings. The second-order valence-electron chi connectivity index (χ2n) is 3.27. The van der Waals surface area contributed by atoms with Gasteiger partial charge in [0.15, 0.2) is 0 Å². The average Bonchev–Trinajstić information content (AvgIpc) is 2.27. The average molecular weight is 207 g/mol. The van der Waals surface area contributed by atoms with Crippen LogP contribution in [-0.4, -0.2) is 24.5 Å². The third kappa shape index (κ3) is 2.87. The second-order valence-corrected chi connectivity index (χ2v) is 3.27. The topological polar surface area (TPSA) is 58.4 Å². The van der Waals surface area contributed by atoms with Crippen molar-refractivity contribution in [3.05, 3.63) is 29.8 Å². The van der Waals surface area contributed by atoms with Gasteiger partial charge in [-0.05, 0) is 18.6 Å². The summed E-state index contributed by atoms with van der Waals surface area (Å²) in [5.41, 5.74) is 7.50. The summed E-state index contributed by atoms with van der Waals surface area (Å²) in [6.07, 6.45) is 0. The summed E-state index contributed by atoms with van der Waals surface area (Å²) >= 11 is 0. The van der Waals surface area contributed by atoms with Gasteiger partial charge in [0.05, 0.1) is 0 Å². The first-order chi connectivity index (χ1) is 7.19. The highest BCUT2D eigenvalue weighted by atomic mass is 16.2. The van der Waals surface area contributed by atoms with E-state index in [0.717, 1.165) is 11.3 Å². The van der Waals surface area contributed by atoms with Crippen LogP contribution in [0.5, 0.6) is 0 Å². The van der Waals surface area contributed by atoms with Crippen LogP contribution < -0.4 is 11.1 Å². The lowest BCUT2D eigenvalue weighted by atomic mass is 10.2. The van der Waals surface area contributed by atoms with Crippen LogP contribution in [0.4, 0.5) is 10.5 Å². The molecule has 82 valence electrons. The lowest BCUT2D eigenvalue weighted by molar-refractivity contribution is 0.200. The molecule has 0 aliphatic heterocycles. The van der Waals surface area contributed by atoms with Crippen molar-refractivity contribution in [3.63, 3.8) is 0 Å². The molecule has 2 amide bonds. The van der Waals surface area contributed by atoms with Gasteiger partial charge in [0.1, 0.15) is 0 Å². The summed E-state index contributed by atoms with van der Waals surface area (Å²) in [6, 6.07) is 7.49. The van der Waals surface area contributed by atoms with Gasteiger partial charge < -0.3 is 16.0 Å². The van der Waals surface area contributed by atoms with E-state index in [4.69, 9.17) is 5.73 Å². The maximum atomic E-state index is 11.4. The Morgan fingerprint density at radius 3 is 2.67 bits per heavy atom. The number of nitrogens with two attached hydrogens (primary N) is 1. The molecule has 0 unspecified atom stereocenters. The molecule has 0 bridgehead atoms. The van der Waals surface area contributed by atoms with Crippen molar-refractivity contribution in [2.75, 3.05) is 19.3 Å². The molecule has 4 heteroatoms. The first kappa shape index (κ1) is 11.4. The fraction of sp³-hybridized carbons (Fsp3) is 0.364. The largest absolute Gasteiger partial charge is 0.398 e. The maximum Gasteiger partial charge on any atom is 0.317 e. The molecular formula is C11H17N3O. The molecule has 1 rings (SSSR count). The molecule has 0 fully saturated rings. The van der Waals surface area contributed by atoms with Crippen molar-refractivity contribution in [3.8, 4) is 0 Å². The maximum absolute atomic E-state index is 11.4. The molecule has 15 heavy (non-hydrogen) atoms. The van der Waals surface area contributed by atoms with Gasteiger partial charge in [-0.3, -0.25) is 0 Å². The van der Waals surface area contributed by atoms with Gasteiger partial charge in [-0.15, -0.1) is 0 Å². The Morgan fingerprint density at radius 1 is 1.47 bits per heavy atom. The summed E-state index contributed by atoms with van der Waals surface area (Å²) in [4.78, 5) is 13.1. The highest BCUT2D eigenvalue weighted by Crippen LogP contribution is 2.13. The number of nitrogens with zero attached hydrogens (tertiary/aromatic N) is 1. The molecule has 0 aromatic heterocycles. The number of carbonyl (C=O) groups is 1. The number of anilines is 1. The van der Waals surface area contributed by atoms with Crippen molar-refractivity contribution >= 4 is 11.7 Å². The van der Waals surface area contributed by atoms with Crippen LogP contribution in [0.2, 0.25) is 0 Å². The van der Waals surface area contributed by atoms with E-state index in [1.54, 1.807) is 11.9 Å². The predicted molar refractivity (Wildman–Crippen MR) is 61.4 cm³/mol. The molecule has 4 nitrogen and oxygen atoms in total. The summed E-state index contributed by atoms with van der Waals surface area (Å²) in [5.74, 6) is 0. The predicted octanol–water partition coefficient (Wildman–Crippen LogP) is 1.43. The molecule has 0 aliphatic carbocycles. The number of carbonyl (C=O) groups excluding carboxylic acids is 1. The van der Waals surface area contributed by atoms with E-state index in [1.165, 1.54) is 0 Å². The van der Waals surface area contributed by atoms with Gasteiger partial charge in [-0.25, -0.2) is 4.79 Å². The minimum atomic E-state index is -0.0826. The monoisotopic (exact) mass is 207 g/mol. The quantitative estimate of drug-likeness (QED) is 0.737. The van der Waals surface area contributed by atoms with E-state index in [9.17, 15) is 4.79 Å². The van der Waals surface area contributed by atoms with Gasteiger partial charge in [-0.1, -0.05) is 18.2 Å². The molecule has 0 radical (unpaired) electrons. The third-order valence-corrected chi connectivity index (χ3v) is 2.30. The van der Waals surface area contributed by atoms with Gasteiger partial charge >= 0.3 is 6.03 Å². The molecular weight excluding hydrogens is 190 g/mol. The standard InChI is InChI=1S/C11H17N3O/c1-3-14(11(15)13-2)8-9-6-4-5-7-10(9)12/h4-7H,3,8,12H2,1-2H3,(H,13,15). The molecule has 3 N–H and O–H groups in total. The van der Waals surface area contributed by atoms with Gasteiger partial charge in [0.25, 0.3) is 0 Å². The van der Waals surface area contributed by atoms with E-state index >= 15 is 0 Å². The second kappa shape index (κ2) is 5.24. The fourth-order valence-electron chi connectivity index (χ4n) is 1.37. The summed E-state index contributed by atoms with van der Waals surface area (Å²) in [7, 11) is 1.62. The zero-order valence-corrected chi connectivity index (χ0v) is 9.16. The van der Waals surface area contributed by atoms with Crippen molar-refractivity contribution in [1.82, 2.24) is 10.2 Å². The number of benzene rings is 1. The first-order valence-electron chi connectivity index (χ1n) is 4.99. The number of para-hydroxylation sites is 1. The number of nitrogens with one attached hydrogen (secondary N) is 1. The smallest absolute Gasteiger partial charge is 0.317 e. The lowest BCUT2D eigenvalue weighted by Crippen LogP contribution is -2.37. The van der Waals surface area contributed by atoms with Crippen molar-refractivity contribution in [2.45, 2.75) is 13.5 Å². The summed E-state index contributed by atoms with van der Waals surface area (Å²) in [5, 5.41) is 2.60. The Labute approximate surface area is 90.1 Å². The van der Waals surface area contributed by atoms with E-state index in [2.05, 4.69) is 5.32 Å². The minimum Gasteiger partial charge on any atom is -0.398 e. The highest BCUT2D eigenvalue weighted by molar-refractivity contribution is 5.74. The van der Waals surface area contributed by atoms with Crippen LogP contribution in [0.1, 0.15) is 12.5 Å². The number of nitrogen functional groups attached to an aromatic ring is 1. The van der Waals surface area contributed by atoms with E-state index in [0.29, 0.717) is 13.1 Å². The summed E-state index contributed by atoms with van der Waals surface area (Å²) in [6.45, 7) is 3.14. The zero-order chi connectivity index (χ0) is 11.3. The van der Waals surface area contributed by atoms with Crippen molar-refractivity contribution in [2.24, 2.45) is 0 Å². The molecule has 0 spiro atoms. The summed E-state index contributed by atoms with van der Waals surface area (Å²) < 4.78 is 0. The van der Waals surface area contributed by atoms with Crippen LogP contribution in [0, 0.1) is 0 Å². The van der Waals surface area contributed by atoms with Gasteiger partial charge in [0, 0.05) is 25.8 Å². The Bertz CT molecular complexity index is 338. The first-order valence-corrected chi connectivity index (χ1v) is 4.99. The van der Waals surface area contributed by atoms with Crippen LogP contribution in [-0.2, 0) is 6.54 Å². The van der Waals surface area contributed by atoms with Crippen LogP contribution >= 0.6 is 0 Å². The molecule has 0 heterocycles. The van der Waals surface area contributed by atoms with Crippen LogP contribution in [0.3, 0.4) is 0 Å². The molecule has 0 saturated heterocycles. The minimum absolute atomic E-state index is 0.0826. The highest BCUT2D eigenvalue weighted by Gasteiger charge is 2.10. The normalized spacial score (nSPS) is 9.73. The molecule has 1 aromatic carbocycles. The van der Waals surface area contributed by atoms with E-state index < -0.39 is 0 Å². The lowest BCUT2D eigenvalue weighted by Gasteiger charge is -2.21. The van der Waals surface area contributed by atoms with Crippen LogP contribution in [0.15, 0.2) is 24.3 Å². The Balaban J connectivity index is 2.75. The SMILES string of the molecule is CCN(Cc1ccccc1N)C(=O)NC.